The second-order valence-electron chi connectivity index (χ2n) is 6.11. The summed E-state index contributed by atoms with van der Waals surface area (Å²) in [6.07, 6.45) is 7.93. The third-order valence-corrected chi connectivity index (χ3v) is 4.25. The molecule has 3 aromatic rings. The number of aromatic nitrogens is 7. The van der Waals surface area contributed by atoms with Crippen LogP contribution in [0, 0.1) is 13.8 Å². The van der Waals surface area contributed by atoms with Crippen LogP contribution in [0.2, 0.25) is 0 Å². The summed E-state index contributed by atoms with van der Waals surface area (Å²) in [6, 6.07) is 0. The molecule has 8 heteroatoms. The number of hydrogen-bond donors (Lipinski definition) is 0. The Labute approximate surface area is 139 Å². The molecule has 24 heavy (non-hydrogen) atoms. The Morgan fingerprint density at radius 3 is 2.42 bits per heavy atom. The number of nitrogens with zero attached hydrogens (tertiary/aromatic N) is 8. The van der Waals surface area contributed by atoms with E-state index in [2.05, 4.69) is 30.0 Å². The monoisotopic (exact) mass is 324 g/mol. The summed E-state index contributed by atoms with van der Waals surface area (Å²) < 4.78 is 3.64. The molecule has 4 rings (SSSR count). The van der Waals surface area contributed by atoms with Crippen LogP contribution in [-0.4, -0.2) is 47.4 Å². The van der Waals surface area contributed by atoms with Gasteiger partial charge in [-0.15, -0.1) is 5.10 Å². The van der Waals surface area contributed by atoms with Crippen LogP contribution in [0.3, 0.4) is 0 Å². The predicted molar refractivity (Wildman–Crippen MR) is 91.6 cm³/mol. The molecule has 0 amide bonds. The van der Waals surface area contributed by atoms with Crippen LogP contribution in [0.15, 0.2) is 6.20 Å². The summed E-state index contributed by atoms with van der Waals surface area (Å²) in [5.41, 5.74) is 2.59. The second-order valence-corrected chi connectivity index (χ2v) is 6.11. The number of hydrogen-bond acceptors (Lipinski definition) is 6. The van der Waals surface area contributed by atoms with Gasteiger partial charge in [-0.3, -0.25) is 4.98 Å². The molecule has 0 aromatic carbocycles. The SMILES string of the molecule is Cc1ncc(C)n2nc(C=Cc3nc(N4CCCC4)n(C)n3)nc12. The van der Waals surface area contributed by atoms with Gasteiger partial charge in [-0.1, -0.05) is 0 Å². The normalized spacial score (nSPS) is 15.2. The zero-order chi connectivity index (χ0) is 16.7. The topological polar surface area (TPSA) is 77.0 Å². The molecule has 0 saturated carbocycles. The van der Waals surface area contributed by atoms with E-state index in [0.29, 0.717) is 11.6 Å². The smallest absolute Gasteiger partial charge is 0.224 e. The average molecular weight is 324 g/mol. The van der Waals surface area contributed by atoms with Gasteiger partial charge < -0.3 is 4.90 Å². The van der Waals surface area contributed by atoms with Crippen molar-refractivity contribution < 1.29 is 0 Å². The van der Waals surface area contributed by atoms with E-state index in [1.807, 2.05) is 42.2 Å². The average Bonchev–Trinajstić information content (AvgIpc) is 3.28. The first kappa shape index (κ1) is 14.8. The van der Waals surface area contributed by atoms with Gasteiger partial charge in [0.1, 0.15) is 0 Å². The van der Waals surface area contributed by atoms with Gasteiger partial charge in [-0.2, -0.15) is 10.1 Å². The van der Waals surface area contributed by atoms with Crippen molar-refractivity contribution in [3.63, 3.8) is 0 Å². The molecule has 0 aliphatic carbocycles. The fourth-order valence-electron chi connectivity index (χ4n) is 2.99. The van der Waals surface area contributed by atoms with Crippen molar-refractivity contribution in [1.29, 1.82) is 0 Å². The van der Waals surface area contributed by atoms with Crippen LogP contribution in [0.25, 0.3) is 17.8 Å². The standard InChI is InChI=1S/C16H20N8/c1-11-10-17-12(2)15-18-13(21-24(11)15)6-7-14-19-16(22(3)20-14)23-8-4-5-9-23/h6-7,10H,4-5,8-9H2,1-3H3. The fourth-order valence-corrected chi connectivity index (χ4v) is 2.99. The lowest BCUT2D eigenvalue weighted by atomic mass is 10.4. The van der Waals surface area contributed by atoms with E-state index in [-0.39, 0.29) is 0 Å². The Bertz CT molecular complexity index is 875. The highest BCUT2D eigenvalue weighted by atomic mass is 15.4. The lowest BCUT2D eigenvalue weighted by molar-refractivity contribution is 0.733. The van der Waals surface area contributed by atoms with Crippen molar-refractivity contribution in [3.8, 4) is 0 Å². The van der Waals surface area contributed by atoms with Crippen LogP contribution in [0.5, 0.6) is 0 Å². The zero-order valence-electron chi connectivity index (χ0n) is 14.1. The summed E-state index contributed by atoms with van der Waals surface area (Å²) in [7, 11) is 1.93. The van der Waals surface area contributed by atoms with Gasteiger partial charge >= 0.3 is 0 Å². The maximum absolute atomic E-state index is 4.61. The Kier molecular flexibility index (Phi) is 3.51. The number of fused-ring (bicyclic) bond motifs is 1. The maximum Gasteiger partial charge on any atom is 0.224 e. The molecule has 0 bridgehead atoms. The first-order valence-electron chi connectivity index (χ1n) is 8.15. The van der Waals surface area contributed by atoms with Gasteiger partial charge in [0.2, 0.25) is 5.95 Å². The molecule has 1 fully saturated rings. The molecule has 0 radical (unpaired) electrons. The Morgan fingerprint density at radius 2 is 1.71 bits per heavy atom. The van der Waals surface area contributed by atoms with Crippen LogP contribution >= 0.6 is 0 Å². The first-order valence-corrected chi connectivity index (χ1v) is 8.15. The molecular formula is C16H20N8. The molecule has 0 spiro atoms. The summed E-state index contributed by atoms with van der Waals surface area (Å²) in [6.45, 7) is 5.99. The summed E-state index contributed by atoms with van der Waals surface area (Å²) >= 11 is 0. The maximum atomic E-state index is 4.61. The van der Waals surface area contributed by atoms with Crippen molar-refractivity contribution in [1.82, 2.24) is 34.3 Å². The minimum atomic E-state index is 0.629. The van der Waals surface area contributed by atoms with Gasteiger partial charge in [0.15, 0.2) is 17.3 Å². The first-order chi connectivity index (χ1) is 11.6. The number of anilines is 1. The molecule has 0 atom stereocenters. The van der Waals surface area contributed by atoms with Crippen LogP contribution < -0.4 is 4.90 Å². The third-order valence-electron chi connectivity index (χ3n) is 4.25. The largest absolute Gasteiger partial charge is 0.341 e. The highest BCUT2D eigenvalue weighted by molar-refractivity contribution is 5.64. The third kappa shape index (κ3) is 2.53. The van der Waals surface area contributed by atoms with Gasteiger partial charge in [0.25, 0.3) is 0 Å². The van der Waals surface area contributed by atoms with E-state index in [9.17, 15) is 0 Å². The fraction of sp³-hybridized carbons (Fsp3) is 0.438. The van der Waals surface area contributed by atoms with Crippen LogP contribution in [0.4, 0.5) is 5.95 Å². The minimum Gasteiger partial charge on any atom is -0.341 e. The van der Waals surface area contributed by atoms with E-state index >= 15 is 0 Å². The molecule has 0 unspecified atom stereocenters. The van der Waals surface area contributed by atoms with Crippen LogP contribution in [0.1, 0.15) is 35.9 Å². The van der Waals surface area contributed by atoms with Crippen molar-refractivity contribution in [2.24, 2.45) is 7.05 Å². The van der Waals surface area contributed by atoms with Gasteiger partial charge in [0.05, 0.1) is 11.4 Å². The van der Waals surface area contributed by atoms with Crippen molar-refractivity contribution in [2.45, 2.75) is 26.7 Å². The summed E-state index contributed by atoms with van der Waals surface area (Å²) in [4.78, 5) is 15.7. The quantitative estimate of drug-likeness (QED) is 0.729. The van der Waals surface area contributed by atoms with Crippen LogP contribution in [-0.2, 0) is 7.05 Å². The second kappa shape index (κ2) is 5.70. The molecule has 4 heterocycles. The van der Waals surface area contributed by atoms with Gasteiger partial charge in [-0.25, -0.2) is 14.2 Å². The highest BCUT2D eigenvalue weighted by Gasteiger charge is 2.17. The van der Waals surface area contributed by atoms with E-state index in [4.69, 9.17) is 0 Å². The number of aryl methyl sites for hydroxylation is 3. The summed E-state index contributed by atoms with van der Waals surface area (Å²) in [5.74, 6) is 2.22. The van der Waals surface area contributed by atoms with Crippen molar-refractivity contribution >= 4 is 23.7 Å². The predicted octanol–water partition coefficient (Wildman–Crippen LogP) is 1.64. The Morgan fingerprint density at radius 1 is 1.00 bits per heavy atom. The van der Waals surface area contributed by atoms with Crippen molar-refractivity contribution in [3.05, 3.63) is 29.2 Å². The zero-order valence-corrected chi connectivity index (χ0v) is 14.1. The van der Waals surface area contributed by atoms with E-state index in [1.54, 1.807) is 6.20 Å². The molecule has 1 aliphatic rings. The van der Waals surface area contributed by atoms with Gasteiger partial charge in [0, 0.05) is 26.3 Å². The lowest BCUT2D eigenvalue weighted by Crippen LogP contribution is -2.21. The minimum absolute atomic E-state index is 0.629. The van der Waals surface area contributed by atoms with E-state index in [1.165, 1.54) is 12.8 Å². The molecule has 1 aliphatic heterocycles. The molecule has 124 valence electrons. The summed E-state index contributed by atoms with van der Waals surface area (Å²) in [5, 5.41) is 8.96. The lowest BCUT2D eigenvalue weighted by Gasteiger charge is -2.14. The van der Waals surface area contributed by atoms with Gasteiger partial charge in [-0.05, 0) is 38.8 Å². The molecule has 3 aromatic heterocycles. The Balaban J connectivity index is 1.62. The molecular weight excluding hydrogens is 304 g/mol. The number of rotatable bonds is 3. The molecule has 0 N–H and O–H groups in total. The molecule has 1 saturated heterocycles. The highest BCUT2D eigenvalue weighted by Crippen LogP contribution is 2.18. The van der Waals surface area contributed by atoms with Crippen molar-refractivity contribution in [2.75, 3.05) is 18.0 Å². The molecule has 8 nitrogen and oxygen atoms in total. The van der Waals surface area contributed by atoms with E-state index < -0.39 is 0 Å². The Hall–Kier alpha value is -2.77. The van der Waals surface area contributed by atoms with E-state index in [0.717, 1.165) is 36.1 Å².